The van der Waals surface area contributed by atoms with Gasteiger partial charge in [0.05, 0.1) is 13.2 Å². The van der Waals surface area contributed by atoms with Crippen molar-refractivity contribution in [1.29, 1.82) is 0 Å². The Bertz CT molecular complexity index is 381. The fraction of sp³-hybridized carbons (Fsp3) is 0.444. The zero-order chi connectivity index (χ0) is 12.3. The highest BCUT2D eigenvalue weighted by Gasteiger charge is 2.39. The molecule has 0 unspecified atom stereocenters. The van der Waals surface area contributed by atoms with E-state index >= 15 is 0 Å². The summed E-state index contributed by atoms with van der Waals surface area (Å²) in [6, 6.07) is 0.820. The number of carbonyl (C=O) groups excluding carboxylic acids is 1. The van der Waals surface area contributed by atoms with Crippen LogP contribution in [0.4, 0.5) is 13.2 Å². The summed E-state index contributed by atoms with van der Waals surface area (Å²) in [5, 5.41) is 8.69. The summed E-state index contributed by atoms with van der Waals surface area (Å²) < 4.78 is 45.8. The highest BCUT2D eigenvalue weighted by molar-refractivity contribution is 5.86. The fourth-order valence-corrected chi connectivity index (χ4v) is 1.09. The van der Waals surface area contributed by atoms with Crippen LogP contribution in [0.2, 0.25) is 0 Å². The van der Waals surface area contributed by atoms with Crippen molar-refractivity contribution in [1.82, 2.24) is 0 Å². The Kier molecular flexibility index (Phi) is 3.58. The molecule has 1 rings (SSSR count). The monoisotopic (exact) mass is 238 g/mol. The quantitative estimate of drug-likeness (QED) is 0.818. The maximum atomic E-state index is 12.3. The Morgan fingerprint density at radius 3 is 2.56 bits per heavy atom. The van der Waals surface area contributed by atoms with E-state index in [2.05, 4.69) is 9.15 Å². The standard InChI is InChI=1S/C9H9F3O4/c1-2-15-8(14)6-3-5(4-13)7(16-6)9(10,11)12/h3,13H,2,4H2,1H3. The summed E-state index contributed by atoms with van der Waals surface area (Å²) >= 11 is 0. The zero-order valence-corrected chi connectivity index (χ0v) is 8.30. The molecule has 1 N–H and O–H groups in total. The average Bonchev–Trinajstić information content (AvgIpc) is 2.61. The summed E-state index contributed by atoms with van der Waals surface area (Å²) in [7, 11) is 0. The molecule has 7 heteroatoms. The van der Waals surface area contributed by atoms with Gasteiger partial charge in [0.2, 0.25) is 11.5 Å². The first-order chi connectivity index (χ1) is 7.40. The third-order valence-electron chi connectivity index (χ3n) is 1.71. The molecule has 0 radical (unpaired) electrons. The molecule has 0 amide bonds. The molecule has 16 heavy (non-hydrogen) atoms. The van der Waals surface area contributed by atoms with Crippen LogP contribution in [0.3, 0.4) is 0 Å². The molecular formula is C9H9F3O4. The largest absolute Gasteiger partial charge is 0.460 e. The van der Waals surface area contributed by atoms with Crippen molar-refractivity contribution in [2.45, 2.75) is 19.7 Å². The second-order valence-electron chi connectivity index (χ2n) is 2.84. The predicted molar refractivity (Wildman–Crippen MR) is 45.6 cm³/mol. The molecule has 1 aromatic heterocycles. The average molecular weight is 238 g/mol. The number of carbonyl (C=O) groups is 1. The van der Waals surface area contributed by atoms with Gasteiger partial charge in [0.15, 0.2) is 0 Å². The number of furan rings is 1. The van der Waals surface area contributed by atoms with Crippen LogP contribution in [-0.2, 0) is 17.5 Å². The third-order valence-corrected chi connectivity index (χ3v) is 1.71. The molecule has 0 atom stereocenters. The van der Waals surface area contributed by atoms with Gasteiger partial charge in [0.1, 0.15) is 0 Å². The van der Waals surface area contributed by atoms with E-state index in [4.69, 9.17) is 5.11 Å². The molecule has 0 aromatic carbocycles. The topological polar surface area (TPSA) is 59.7 Å². The summed E-state index contributed by atoms with van der Waals surface area (Å²) in [6.07, 6.45) is -4.75. The Balaban J connectivity index is 3.08. The minimum absolute atomic E-state index is 0.0232. The molecule has 0 saturated heterocycles. The first-order valence-electron chi connectivity index (χ1n) is 4.38. The van der Waals surface area contributed by atoms with E-state index in [0.717, 1.165) is 6.07 Å². The maximum absolute atomic E-state index is 12.3. The van der Waals surface area contributed by atoms with Gasteiger partial charge in [-0.05, 0) is 13.0 Å². The van der Waals surface area contributed by atoms with Crippen LogP contribution in [0.25, 0.3) is 0 Å². The summed E-state index contributed by atoms with van der Waals surface area (Å²) in [5.41, 5.74) is -0.490. The molecule has 4 nitrogen and oxygen atoms in total. The Labute approximate surface area is 88.6 Å². The van der Waals surface area contributed by atoms with E-state index in [9.17, 15) is 18.0 Å². The van der Waals surface area contributed by atoms with Crippen molar-refractivity contribution >= 4 is 5.97 Å². The number of ether oxygens (including phenoxy) is 1. The lowest BCUT2D eigenvalue weighted by molar-refractivity contribution is -0.154. The van der Waals surface area contributed by atoms with Crippen LogP contribution in [0.5, 0.6) is 0 Å². The summed E-state index contributed by atoms with van der Waals surface area (Å²) in [5.74, 6) is -2.94. The molecule has 1 heterocycles. The van der Waals surface area contributed by atoms with E-state index in [1.165, 1.54) is 6.92 Å². The lowest BCUT2D eigenvalue weighted by Gasteiger charge is -2.03. The van der Waals surface area contributed by atoms with Crippen molar-refractivity contribution in [3.05, 3.63) is 23.2 Å². The molecule has 0 aliphatic heterocycles. The van der Waals surface area contributed by atoms with Crippen LogP contribution in [-0.4, -0.2) is 17.7 Å². The van der Waals surface area contributed by atoms with Gasteiger partial charge in [-0.2, -0.15) is 13.2 Å². The molecule has 0 aliphatic rings. The van der Waals surface area contributed by atoms with Gasteiger partial charge < -0.3 is 14.3 Å². The minimum Gasteiger partial charge on any atom is -0.460 e. The van der Waals surface area contributed by atoms with Gasteiger partial charge in [-0.1, -0.05) is 0 Å². The van der Waals surface area contributed by atoms with Crippen LogP contribution < -0.4 is 0 Å². The van der Waals surface area contributed by atoms with Gasteiger partial charge in [0, 0.05) is 5.56 Å². The van der Waals surface area contributed by atoms with Gasteiger partial charge in [-0.3, -0.25) is 0 Å². The second kappa shape index (κ2) is 4.56. The van der Waals surface area contributed by atoms with Gasteiger partial charge >= 0.3 is 12.1 Å². The number of halogens is 3. The van der Waals surface area contributed by atoms with Crippen LogP contribution in [0.15, 0.2) is 10.5 Å². The molecule has 0 saturated carbocycles. The van der Waals surface area contributed by atoms with Crippen LogP contribution in [0, 0.1) is 0 Å². The molecule has 0 bridgehead atoms. The number of hydrogen-bond acceptors (Lipinski definition) is 4. The normalized spacial score (nSPS) is 11.6. The van der Waals surface area contributed by atoms with E-state index in [1.54, 1.807) is 0 Å². The Morgan fingerprint density at radius 2 is 2.19 bits per heavy atom. The fourth-order valence-electron chi connectivity index (χ4n) is 1.09. The first kappa shape index (κ1) is 12.6. The van der Waals surface area contributed by atoms with Crippen molar-refractivity contribution < 1.29 is 32.2 Å². The van der Waals surface area contributed by atoms with Crippen LogP contribution >= 0.6 is 0 Å². The Morgan fingerprint density at radius 1 is 1.56 bits per heavy atom. The van der Waals surface area contributed by atoms with E-state index in [0.29, 0.717) is 0 Å². The highest BCUT2D eigenvalue weighted by Crippen LogP contribution is 2.34. The second-order valence-corrected chi connectivity index (χ2v) is 2.84. The number of rotatable bonds is 3. The Hall–Kier alpha value is -1.50. The smallest absolute Gasteiger partial charge is 0.449 e. The molecule has 0 fully saturated rings. The lowest BCUT2D eigenvalue weighted by atomic mass is 10.2. The third kappa shape index (κ3) is 2.54. The number of aliphatic hydroxyl groups excluding tert-OH is 1. The molecule has 0 aliphatic carbocycles. The number of alkyl halides is 3. The lowest BCUT2D eigenvalue weighted by Crippen LogP contribution is -2.06. The molecular weight excluding hydrogens is 229 g/mol. The van der Waals surface area contributed by atoms with E-state index in [-0.39, 0.29) is 6.61 Å². The minimum atomic E-state index is -4.75. The molecule has 1 aromatic rings. The highest BCUT2D eigenvalue weighted by atomic mass is 19.4. The first-order valence-corrected chi connectivity index (χ1v) is 4.38. The molecule has 0 spiro atoms. The van der Waals surface area contributed by atoms with Crippen molar-refractivity contribution in [3.63, 3.8) is 0 Å². The predicted octanol–water partition coefficient (Wildman–Crippen LogP) is 1.97. The maximum Gasteiger partial charge on any atom is 0.449 e. The van der Waals surface area contributed by atoms with Crippen molar-refractivity contribution in [3.8, 4) is 0 Å². The van der Waals surface area contributed by atoms with Crippen LogP contribution in [0.1, 0.15) is 28.8 Å². The SMILES string of the molecule is CCOC(=O)c1cc(CO)c(C(F)(F)F)o1. The van der Waals surface area contributed by atoms with Gasteiger partial charge in [0.25, 0.3) is 0 Å². The summed E-state index contributed by atoms with van der Waals surface area (Å²) in [6.45, 7) is 0.672. The van der Waals surface area contributed by atoms with Crippen molar-refractivity contribution in [2.75, 3.05) is 6.61 Å². The zero-order valence-electron chi connectivity index (χ0n) is 8.30. The van der Waals surface area contributed by atoms with Gasteiger partial charge in [-0.25, -0.2) is 4.79 Å². The summed E-state index contributed by atoms with van der Waals surface area (Å²) in [4.78, 5) is 11.1. The van der Waals surface area contributed by atoms with Crippen molar-refractivity contribution in [2.24, 2.45) is 0 Å². The van der Waals surface area contributed by atoms with E-state index in [1.807, 2.05) is 0 Å². The number of hydrogen-bond donors (Lipinski definition) is 1. The molecule has 90 valence electrons. The van der Waals surface area contributed by atoms with E-state index < -0.39 is 35.8 Å². The van der Waals surface area contributed by atoms with Gasteiger partial charge in [-0.15, -0.1) is 0 Å². The number of esters is 1. The number of aliphatic hydroxyl groups is 1.